The minimum atomic E-state index is 0.115. The van der Waals surface area contributed by atoms with E-state index in [1.165, 1.54) is 0 Å². The Labute approximate surface area is 110 Å². The molecule has 1 rings (SSSR count). The summed E-state index contributed by atoms with van der Waals surface area (Å²) in [5.74, 6) is 0.839. The van der Waals surface area contributed by atoms with E-state index >= 15 is 0 Å². The summed E-state index contributed by atoms with van der Waals surface area (Å²) in [6.45, 7) is 3.32. The normalized spacial score (nSPS) is 23.7. The van der Waals surface area contributed by atoms with Crippen LogP contribution in [0.5, 0.6) is 0 Å². The average Bonchev–Trinajstić information content (AvgIpc) is 2.42. The van der Waals surface area contributed by atoms with Crippen molar-refractivity contribution in [3.63, 3.8) is 0 Å². The Kier molecular flexibility index (Phi) is 6.94. The van der Waals surface area contributed by atoms with E-state index in [-0.39, 0.29) is 17.7 Å². The summed E-state index contributed by atoms with van der Waals surface area (Å²) in [5, 5.41) is 2.97. The molecule has 0 aliphatic heterocycles. The van der Waals surface area contributed by atoms with Gasteiger partial charge in [-0.05, 0) is 45.1 Å². The maximum Gasteiger partial charge on any atom is 0.223 e. The topological polar surface area (TPSA) is 72.2 Å². The first-order chi connectivity index (χ1) is 8.69. The van der Waals surface area contributed by atoms with Crippen molar-refractivity contribution in [2.45, 2.75) is 51.9 Å². The summed E-state index contributed by atoms with van der Waals surface area (Å²) >= 11 is 0. The van der Waals surface area contributed by atoms with Crippen LogP contribution in [0.15, 0.2) is 0 Å². The highest BCUT2D eigenvalue weighted by atomic mass is 16.2. The van der Waals surface area contributed by atoms with Gasteiger partial charge in [-0.2, -0.15) is 0 Å². The molecular weight excluding hydrogens is 228 g/mol. The highest BCUT2D eigenvalue weighted by Gasteiger charge is 2.28. The first-order valence-corrected chi connectivity index (χ1v) is 7.19. The molecule has 1 saturated carbocycles. The number of carbonyl (C=O) groups excluding carboxylic acids is 2. The predicted octanol–water partition coefficient (Wildman–Crippen LogP) is 1.63. The van der Waals surface area contributed by atoms with Crippen molar-refractivity contribution in [1.29, 1.82) is 0 Å². The number of ketones is 1. The molecule has 0 atom stereocenters. The van der Waals surface area contributed by atoms with Gasteiger partial charge in [0, 0.05) is 24.8 Å². The minimum Gasteiger partial charge on any atom is -0.356 e. The third-order valence-electron chi connectivity index (χ3n) is 3.83. The third kappa shape index (κ3) is 4.77. The molecule has 0 unspecified atom stereocenters. The molecule has 0 spiro atoms. The van der Waals surface area contributed by atoms with Crippen molar-refractivity contribution in [3.05, 3.63) is 0 Å². The van der Waals surface area contributed by atoms with Gasteiger partial charge in [0.15, 0.2) is 0 Å². The molecule has 1 aliphatic carbocycles. The molecule has 3 N–H and O–H groups in total. The van der Waals surface area contributed by atoms with Gasteiger partial charge in [-0.3, -0.25) is 9.59 Å². The van der Waals surface area contributed by atoms with Gasteiger partial charge in [0.25, 0.3) is 0 Å². The molecule has 1 aliphatic rings. The maximum atomic E-state index is 11.9. The number of nitrogens with one attached hydrogen (secondary N) is 1. The Hall–Kier alpha value is -0.900. The first-order valence-electron chi connectivity index (χ1n) is 7.19. The summed E-state index contributed by atoms with van der Waals surface area (Å²) in [4.78, 5) is 23.5. The molecule has 0 aromatic heterocycles. The first kappa shape index (κ1) is 15.2. The van der Waals surface area contributed by atoms with Gasteiger partial charge in [-0.15, -0.1) is 0 Å². The number of rotatable bonds is 7. The molecule has 0 heterocycles. The molecule has 0 radical (unpaired) electrons. The van der Waals surface area contributed by atoms with Crippen LogP contribution in [0, 0.1) is 11.8 Å². The lowest BCUT2D eigenvalue weighted by Crippen LogP contribution is -2.35. The van der Waals surface area contributed by atoms with E-state index < -0.39 is 0 Å². The second kappa shape index (κ2) is 8.25. The molecule has 0 aromatic carbocycles. The number of Topliss-reactive ketones (excluding diaryl/α,β-unsaturated/α-hetero) is 1. The van der Waals surface area contributed by atoms with Crippen LogP contribution < -0.4 is 11.1 Å². The smallest absolute Gasteiger partial charge is 0.223 e. The molecular formula is C14H26N2O2. The summed E-state index contributed by atoms with van der Waals surface area (Å²) in [6.07, 6.45) is 6.02. The van der Waals surface area contributed by atoms with Crippen molar-refractivity contribution in [2.75, 3.05) is 13.1 Å². The summed E-state index contributed by atoms with van der Waals surface area (Å²) in [5.41, 5.74) is 5.40. The molecule has 1 amide bonds. The molecule has 0 aromatic rings. The van der Waals surface area contributed by atoms with Crippen LogP contribution in [-0.4, -0.2) is 24.8 Å². The van der Waals surface area contributed by atoms with Crippen LogP contribution in [-0.2, 0) is 9.59 Å². The van der Waals surface area contributed by atoms with Gasteiger partial charge in [-0.25, -0.2) is 0 Å². The van der Waals surface area contributed by atoms with Gasteiger partial charge in [-0.1, -0.05) is 6.92 Å². The number of hydrogen-bond acceptors (Lipinski definition) is 3. The van der Waals surface area contributed by atoms with E-state index in [9.17, 15) is 9.59 Å². The molecule has 104 valence electrons. The standard InChI is InChI=1S/C14H26N2O2/c1-2-13(17)11-5-7-12(8-6-11)14(18)16-10-4-3-9-15/h11-12H,2-10,15H2,1H3,(H,16,18)/t11-,12-. The van der Waals surface area contributed by atoms with E-state index in [4.69, 9.17) is 5.73 Å². The lowest BCUT2D eigenvalue weighted by molar-refractivity contribution is -0.129. The van der Waals surface area contributed by atoms with E-state index in [1.54, 1.807) is 0 Å². The zero-order chi connectivity index (χ0) is 13.4. The van der Waals surface area contributed by atoms with E-state index in [0.29, 0.717) is 18.7 Å². The van der Waals surface area contributed by atoms with Crippen molar-refractivity contribution < 1.29 is 9.59 Å². The fourth-order valence-corrected chi connectivity index (χ4v) is 2.59. The van der Waals surface area contributed by atoms with Crippen LogP contribution in [0.2, 0.25) is 0 Å². The molecule has 4 heteroatoms. The largest absolute Gasteiger partial charge is 0.356 e. The van der Waals surface area contributed by atoms with Crippen LogP contribution in [0.1, 0.15) is 51.9 Å². The van der Waals surface area contributed by atoms with Gasteiger partial charge in [0.1, 0.15) is 5.78 Å². The number of amides is 1. The zero-order valence-electron chi connectivity index (χ0n) is 11.4. The number of unbranched alkanes of at least 4 members (excludes halogenated alkanes) is 1. The highest BCUT2D eigenvalue weighted by molar-refractivity contribution is 5.82. The van der Waals surface area contributed by atoms with E-state index in [1.807, 2.05) is 6.92 Å². The Bertz CT molecular complexity index is 271. The Morgan fingerprint density at radius 3 is 2.28 bits per heavy atom. The number of carbonyl (C=O) groups is 2. The second-order valence-electron chi connectivity index (χ2n) is 5.16. The van der Waals surface area contributed by atoms with Crippen molar-refractivity contribution >= 4 is 11.7 Å². The monoisotopic (exact) mass is 254 g/mol. The predicted molar refractivity (Wildman–Crippen MR) is 72.0 cm³/mol. The molecule has 0 bridgehead atoms. The molecule has 1 fully saturated rings. The van der Waals surface area contributed by atoms with Gasteiger partial charge >= 0.3 is 0 Å². The summed E-state index contributed by atoms with van der Waals surface area (Å²) in [7, 11) is 0. The Morgan fingerprint density at radius 1 is 1.11 bits per heavy atom. The Balaban J connectivity index is 2.21. The van der Waals surface area contributed by atoms with Gasteiger partial charge < -0.3 is 11.1 Å². The Morgan fingerprint density at radius 2 is 1.72 bits per heavy atom. The van der Waals surface area contributed by atoms with Crippen LogP contribution in [0.3, 0.4) is 0 Å². The maximum absolute atomic E-state index is 11.9. The number of nitrogens with two attached hydrogens (primary N) is 1. The van der Waals surface area contributed by atoms with E-state index in [2.05, 4.69) is 5.32 Å². The van der Waals surface area contributed by atoms with Crippen LogP contribution in [0.4, 0.5) is 0 Å². The van der Waals surface area contributed by atoms with E-state index in [0.717, 1.165) is 45.1 Å². The van der Waals surface area contributed by atoms with Crippen LogP contribution >= 0.6 is 0 Å². The zero-order valence-corrected chi connectivity index (χ0v) is 11.4. The lowest BCUT2D eigenvalue weighted by atomic mass is 9.79. The quantitative estimate of drug-likeness (QED) is 0.678. The minimum absolute atomic E-state index is 0.115. The SMILES string of the molecule is CCC(=O)[C@H]1CC[C@H](C(=O)NCCCCN)CC1. The molecule has 4 nitrogen and oxygen atoms in total. The second-order valence-corrected chi connectivity index (χ2v) is 5.16. The van der Waals surface area contributed by atoms with Crippen LogP contribution in [0.25, 0.3) is 0 Å². The van der Waals surface area contributed by atoms with Gasteiger partial charge in [0.05, 0.1) is 0 Å². The average molecular weight is 254 g/mol. The summed E-state index contributed by atoms with van der Waals surface area (Å²) in [6, 6.07) is 0. The highest BCUT2D eigenvalue weighted by Crippen LogP contribution is 2.30. The summed E-state index contributed by atoms with van der Waals surface area (Å²) < 4.78 is 0. The van der Waals surface area contributed by atoms with Crippen molar-refractivity contribution in [3.8, 4) is 0 Å². The van der Waals surface area contributed by atoms with Crippen molar-refractivity contribution in [2.24, 2.45) is 17.6 Å². The fraction of sp³-hybridized carbons (Fsp3) is 0.857. The lowest BCUT2D eigenvalue weighted by Gasteiger charge is -2.26. The molecule has 18 heavy (non-hydrogen) atoms. The number of hydrogen-bond donors (Lipinski definition) is 2. The fourth-order valence-electron chi connectivity index (χ4n) is 2.59. The van der Waals surface area contributed by atoms with Crippen molar-refractivity contribution in [1.82, 2.24) is 5.32 Å². The van der Waals surface area contributed by atoms with Gasteiger partial charge in [0.2, 0.25) is 5.91 Å². The third-order valence-corrected chi connectivity index (χ3v) is 3.83. The molecule has 0 saturated heterocycles.